The summed E-state index contributed by atoms with van der Waals surface area (Å²) in [6.07, 6.45) is -0.0162. The van der Waals surface area contributed by atoms with Gasteiger partial charge in [-0.2, -0.15) is 0 Å². The van der Waals surface area contributed by atoms with Gasteiger partial charge in [0.15, 0.2) is 0 Å². The first-order chi connectivity index (χ1) is 9.08. The number of rotatable bonds is 4. The van der Waals surface area contributed by atoms with E-state index >= 15 is 0 Å². The second-order valence-electron chi connectivity index (χ2n) is 5.44. The first-order valence-corrected chi connectivity index (χ1v) is 7.15. The van der Waals surface area contributed by atoms with Gasteiger partial charge in [0.2, 0.25) is 0 Å². The van der Waals surface area contributed by atoms with Crippen molar-refractivity contribution in [1.82, 2.24) is 0 Å². The molecule has 1 aliphatic rings. The second kappa shape index (κ2) is 6.04. The monoisotopic (exact) mass is 264 g/mol. The molecule has 19 heavy (non-hydrogen) atoms. The molecule has 3 nitrogen and oxygen atoms in total. The fraction of sp³-hybridized carbons (Fsp3) is 0.625. The molecule has 2 rings (SSSR count). The Hall–Kier alpha value is -0.900. The summed E-state index contributed by atoms with van der Waals surface area (Å²) in [4.78, 5) is 0. The average molecular weight is 264 g/mol. The Labute approximate surface area is 115 Å². The molecule has 0 radical (unpaired) electrons. The molecule has 0 bridgehead atoms. The fourth-order valence-corrected chi connectivity index (χ4v) is 2.78. The average Bonchev–Trinajstić information content (AvgIpc) is 2.79. The number of aryl methyl sites for hydroxylation is 2. The van der Waals surface area contributed by atoms with Gasteiger partial charge >= 0.3 is 0 Å². The largest absolute Gasteiger partial charge is 0.390 e. The third-order valence-electron chi connectivity index (χ3n) is 4.25. The maximum Gasteiger partial charge on any atom is 0.114 e. The number of ether oxygens (including phenoxy) is 1. The van der Waals surface area contributed by atoms with Gasteiger partial charge < -0.3 is 14.9 Å². The lowest BCUT2D eigenvalue weighted by Gasteiger charge is -2.23. The Bertz CT molecular complexity index is 430. The molecule has 1 heterocycles. The summed E-state index contributed by atoms with van der Waals surface area (Å²) < 4.78 is 5.59. The van der Waals surface area contributed by atoms with Crippen molar-refractivity contribution in [3.63, 3.8) is 0 Å². The number of aliphatic hydroxyl groups is 2. The van der Waals surface area contributed by atoms with Gasteiger partial charge in [-0.3, -0.25) is 0 Å². The molecule has 106 valence electrons. The van der Waals surface area contributed by atoms with Gasteiger partial charge in [0.25, 0.3) is 0 Å². The first kappa shape index (κ1) is 14.5. The van der Waals surface area contributed by atoms with E-state index < -0.39 is 18.3 Å². The molecule has 1 aliphatic heterocycles. The van der Waals surface area contributed by atoms with Crippen molar-refractivity contribution in [1.29, 1.82) is 0 Å². The van der Waals surface area contributed by atoms with Gasteiger partial charge in [-0.1, -0.05) is 32.0 Å². The van der Waals surface area contributed by atoms with E-state index in [2.05, 4.69) is 13.8 Å². The lowest BCUT2D eigenvalue weighted by Crippen LogP contribution is -2.31. The highest BCUT2D eigenvalue weighted by atomic mass is 16.5. The van der Waals surface area contributed by atoms with Crippen molar-refractivity contribution in [2.24, 2.45) is 5.92 Å². The van der Waals surface area contributed by atoms with E-state index in [9.17, 15) is 10.2 Å². The molecule has 2 N–H and O–H groups in total. The molecule has 4 atom stereocenters. The standard InChI is InChI=1S/C16H24O3/c1-4-11-8-13(7-6-10(11)3)15(18)16-14(17)12(5-2)9-19-16/h6-8,12,14-18H,4-5,9H2,1-3H3. The molecule has 0 aromatic heterocycles. The van der Waals surface area contributed by atoms with Crippen LogP contribution in [0.15, 0.2) is 18.2 Å². The minimum absolute atomic E-state index is 0.135. The van der Waals surface area contributed by atoms with Crippen LogP contribution in [-0.2, 0) is 11.2 Å². The van der Waals surface area contributed by atoms with Gasteiger partial charge in [0, 0.05) is 5.92 Å². The van der Waals surface area contributed by atoms with Crippen LogP contribution >= 0.6 is 0 Å². The zero-order chi connectivity index (χ0) is 14.0. The molecule has 0 spiro atoms. The zero-order valence-electron chi connectivity index (χ0n) is 12.0. The van der Waals surface area contributed by atoms with E-state index in [1.54, 1.807) is 0 Å². The minimum Gasteiger partial charge on any atom is -0.390 e. The maximum atomic E-state index is 10.4. The van der Waals surface area contributed by atoms with Crippen LogP contribution in [0.25, 0.3) is 0 Å². The molecule has 3 heteroatoms. The highest BCUT2D eigenvalue weighted by Gasteiger charge is 2.39. The molecule has 1 saturated heterocycles. The van der Waals surface area contributed by atoms with Gasteiger partial charge in [-0.05, 0) is 36.5 Å². The molecule has 4 unspecified atom stereocenters. The Balaban J connectivity index is 2.18. The summed E-state index contributed by atoms with van der Waals surface area (Å²) in [5, 5.41) is 20.6. The Morgan fingerprint density at radius 1 is 1.37 bits per heavy atom. The lowest BCUT2D eigenvalue weighted by molar-refractivity contribution is -0.0485. The SMILES string of the molecule is CCc1cc(C(O)C2OCC(CC)C2O)ccc1C. The van der Waals surface area contributed by atoms with E-state index in [0.29, 0.717) is 6.61 Å². The van der Waals surface area contributed by atoms with Gasteiger partial charge in [-0.15, -0.1) is 0 Å². The number of aliphatic hydroxyl groups excluding tert-OH is 2. The summed E-state index contributed by atoms with van der Waals surface area (Å²) in [5.41, 5.74) is 3.30. The van der Waals surface area contributed by atoms with Crippen LogP contribution in [0.4, 0.5) is 0 Å². The molecule has 1 aromatic rings. The Morgan fingerprint density at radius 2 is 2.11 bits per heavy atom. The topological polar surface area (TPSA) is 49.7 Å². The van der Waals surface area contributed by atoms with Crippen LogP contribution < -0.4 is 0 Å². The predicted octanol–water partition coefficient (Wildman–Crippen LogP) is 2.38. The second-order valence-corrected chi connectivity index (χ2v) is 5.44. The van der Waals surface area contributed by atoms with Gasteiger partial charge in [0.1, 0.15) is 12.2 Å². The van der Waals surface area contributed by atoms with E-state index in [1.807, 2.05) is 25.1 Å². The van der Waals surface area contributed by atoms with E-state index in [-0.39, 0.29) is 5.92 Å². The quantitative estimate of drug-likeness (QED) is 0.878. The molecule has 1 aromatic carbocycles. The van der Waals surface area contributed by atoms with Crippen molar-refractivity contribution >= 4 is 0 Å². The van der Waals surface area contributed by atoms with E-state index in [0.717, 1.165) is 18.4 Å². The van der Waals surface area contributed by atoms with E-state index in [4.69, 9.17) is 4.74 Å². The van der Waals surface area contributed by atoms with Gasteiger partial charge in [-0.25, -0.2) is 0 Å². The molecule has 0 amide bonds. The summed E-state index contributed by atoms with van der Waals surface area (Å²) in [6.45, 7) is 6.74. The molecule has 0 aliphatic carbocycles. The van der Waals surface area contributed by atoms with Crippen LogP contribution in [-0.4, -0.2) is 29.0 Å². The third-order valence-corrected chi connectivity index (χ3v) is 4.25. The van der Waals surface area contributed by atoms with Crippen LogP contribution in [0.5, 0.6) is 0 Å². The highest BCUT2D eigenvalue weighted by Crippen LogP contribution is 2.32. The van der Waals surface area contributed by atoms with Crippen LogP contribution in [0.1, 0.15) is 43.1 Å². The highest BCUT2D eigenvalue weighted by molar-refractivity contribution is 5.32. The summed E-state index contributed by atoms with van der Waals surface area (Å²) in [7, 11) is 0. The lowest BCUT2D eigenvalue weighted by atomic mass is 9.92. The Morgan fingerprint density at radius 3 is 2.68 bits per heavy atom. The molecule has 0 saturated carbocycles. The van der Waals surface area contributed by atoms with Crippen LogP contribution in [0, 0.1) is 12.8 Å². The summed E-state index contributed by atoms with van der Waals surface area (Å²) in [5.74, 6) is 0.135. The fourth-order valence-electron chi connectivity index (χ4n) is 2.78. The van der Waals surface area contributed by atoms with Gasteiger partial charge in [0.05, 0.1) is 12.7 Å². The zero-order valence-corrected chi connectivity index (χ0v) is 12.0. The predicted molar refractivity (Wildman–Crippen MR) is 75.0 cm³/mol. The van der Waals surface area contributed by atoms with Crippen molar-refractivity contribution in [3.05, 3.63) is 34.9 Å². The minimum atomic E-state index is -0.752. The summed E-state index contributed by atoms with van der Waals surface area (Å²) >= 11 is 0. The van der Waals surface area contributed by atoms with Crippen molar-refractivity contribution < 1.29 is 14.9 Å². The van der Waals surface area contributed by atoms with E-state index in [1.165, 1.54) is 11.1 Å². The number of benzene rings is 1. The first-order valence-electron chi connectivity index (χ1n) is 7.15. The molecular weight excluding hydrogens is 240 g/mol. The number of hydrogen-bond acceptors (Lipinski definition) is 3. The van der Waals surface area contributed by atoms with Crippen molar-refractivity contribution in [3.8, 4) is 0 Å². The smallest absolute Gasteiger partial charge is 0.114 e. The van der Waals surface area contributed by atoms with Crippen LogP contribution in [0.3, 0.4) is 0 Å². The summed E-state index contributed by atoms with van der Waals surface area (Å²) in [6, 6.07) is 5.97. The molecule has 1 fully saturated rings. The van der Waals surface area contributed by atoms with Crippen molar-refractivity contribution in [2.75, 3.05) is 6.61 Å². The molecular formula is C16H24O3. The van der Waals surface area contributed by atoms with Crippen molar-refractivity contribution in [2.45, 2.75) is 51.9 Å². The third kappa shape index (κ3) is 2.83. The van der Waals surface area contributed by atoms with Crippen LogP contribution in [0.2, 0.25) is 0 Å². The Kier molecular flexibility index (Phi) is 4.61. The number of hydrogen-bond donors (Lipinski definition) is 2. The normalized spacial score (nSPS) is 28.6. The maximum absolute atomic E-state index is 10.4.